The minimum atomic E-state index is 0.987. The Morgan fingerprint density at radius 1 is 0.246 bits per heavy atom. The lowest BCUT2D eigenvalue weighted by molar-refractivity contribution is 1.25. The van der Waals surface area contributed by atoms with Crippen molar-refractivity contribution in [2.45, 2.75) is 0 Å². The summed E-state index contributed by atoms with van der Waals surface area (Å²) in [5, 5.41) is 14.5. The van der Waals surface area contributed by atoms with Crippen LogP contribution in [-0.2, 0) is 0 Å². The predicted octanol–water partition coefficient (Wildman–Crippen LogP) is 16.3. The molecule has 0 saturated heterocycles. The molecule has 2 nitrogen and oxygen atoms in total. The van der Waals surface area contributed by atoms with E-state index in [4.69, 9.17) is 0 Å². The van der Waals surface area contributed by atoms with Crippen molar-refractivity contribution in [3.8, 4) is 0 Å². The molecule has 0 amide bonds. The number of rotatable bonds is 6. The number of fused-ring (bicyclic) bond motifs is 8. The molecule has 0 aliphatic rings. The molecule has 0 aromatic heterocycles. The van der Waals surface area contributed by atoms with Gasteiger partial charge in [-0.25, -0.2) is 0 Å². The van der Waals surface area contributed by atoms with Crippen LogP contribution in [0.1, 0.15) is 0 Å². The van der Waals surface area contributed by atoms with Crippen LogP contribution in [0.5, 0.6) is 0 Å². The Bertz CT molecular complexity index is 3130. The Kier molecular flexibility index (Phi) is 8.01. The largest absolute Gasteiger partial charge is 0.309 e. The predicted molar refractivity (Wildman–Crippen MR) is 249 cm³/mol. The molecule has 0 aliphatic carbocycles. The molecule has 0 fully saturated rings. The minimum absolute atomic E-state index is 0.987. The number of halogens is 1. The van der Waals surface area contributed by atoms with Crippen molar-refractivity contribution in [3.05, 3.63) is 217 Å². The summed E-state index contributed by atoms with van der Waals surface area (Å²) in [7, 11) is 0. The van der Waals surface area contributed by atoms with Gasteiger partial charge < -0.3 is 9.80 Å². The first-order valence-corrected chi connectivity index (χ1v) is 20.2. The number of hydrogen-bond acceptors (Lipinski definition) is 2. The van der Waals surface area contributed by atoms with Gasteiger partial charge in [-0.3, -0.25) is 0 Å². The van der Waals surface area contributed by atoms with E-state index in [0.717, 1.165) is 38.6 Å². The van der Waals surface area contributed by atoms with Gasteiger partial charge in [-0.2, -0.15) is 0 Å². The summed E-state index contributed by atoms with van der Waals surface area (Å²) in [4.78, 5) is 4.87. The van der Waals surface area contributed by atoms with Gasteiger partial charge in [0.05, 0.1) is 27.2 Å². The quantitative estimate of drug-likeness (QED) is 0.155. The standard InChI is InChI=1S/C54H35BrN2/c55-54-50(56(42-30-28-36-14-1-3-16-38(36)32-42)52-34-40-18-5-7-20-44(40)46-22-9-11-24-48(46)52)26-13-27-51(54)57(43-31-29-37-15-2-4-17-39(37)33-43)53-35-41-19-6-8-21-45(41)47-23-10-12-25-49(47)53/h1-35H. The molecule has 0 bridgehead atoms. The first kappa shape index (κ1) is 33.4. The molecule has 11 aromatic rings. The fraction of sp³-hybridized carbons (Fsp3) is 0. The van der Waals surface area contributed by atoms with Gasteiger partial charge in [0.25, 0.3) is 0 Å². The van der Waals surface area contributed by atoms with Crippen LogP contribution in [0.25, 0.3) is 64.6 Å². The third-order valence-corrected chi connectivity index (χ3v) is 12.2. The highest BCUT2D eigenvalue weighted by atomic mass is 79.9. The maximum atomic E-state index is 4.32. The van der Waals surface area contributed by atoms with Crippen LogP contribution in [0.2, 0.25) is 0 Å². The van der Waals surface area contributed by atoms with Crippen molar-refractivity contribution < 1.29 is 0 Å². The third kappa shape index (κ3) is 5.62. The Balaban J connectivity index is 1.22. The molecular formula is C54H35BrN2. The van der Waals surface area contributed by atoms with Gasteiger partial charge in [0.1, 0.15) is 0 Å². The first-order valence-electron chi connectivity index (χ1n) is 19.4. The second-order valence-electron chi connectivity index (χ2n) is 14.7. The van der Waals surface area contributed by atoms with E-state index in [0.29, 0.717) is 0 Å². The van der Waals surface area contributed by atoms with E-state index in [1.54, 1.807) is 0 Å². The molecule has 0 aliphatic heterocycles. The summed E-state index contributed by atoms with van der Waals surface area (Å²) in [6.45, 7) is 0. The smallest absolute Gasteiger partial charge is 0.0656 e. The van der Waals surface area contributed by atoms with E-state index >= 15 is 0 Å². The molecule has 0 saturated carbocycles. The fourth-order valence-electron chi connectivity index (χ4n) is 8.74. The van der Waals surface area contributed by atoms with Crippen molar-refractivity contribution in [2.24, 2.45) is 0 Å². The van der Waals surface area contributed by atoms with Crippen LogP contribution in [0.3, 0.4) is 0 Å². The molecule has 0 radical (unpaired) electrons. The lowest BCUT2D eigenvalue weighted by Crippen LogP contribution is -2.15. The molecule has 11 aromatic carbocycles. The van der Waals surface area contributed by atoms with Crippen molar-refractivity contribution in [2.75, 3.05) is 9.80 Å². The van der Waals surface area contributed by atoms with Gasteiger partial charge in [-0.1, -0.05) is 164 Å². The van der Waals surface area contributed by atoms with E-state index in [-0.39, 0.29) is 0 Å². The van der Waals surface area contributed by atoms with Crippen LogP contribution in [0.15, 0.2) is 217 Å². The summed E-state index contributed by atoms with van der Waals surface area (Å²) in [5.74, 6) is 0. The Labute approximate surface area is 339 Å². The highest BCUT2D eigenvalue weighted by Crippen LogP contribution is 2.51. The zero-order chi connectivity index (χ0) is 37.9. The minimum Gasteiger partial charge on any atom is -0.309 e. The maximum absolute atomic E-state index is 4.32. The van der Waals surface area contributed by atoms with Gasteiger partial charge in [0.2, 0.25) is 0 Å². The second kappa shape index (κ2) is 13.7. The van der Waals surface area contributed by atoms with E-state index in [1.807, 2.05) is 0 Å². The first-order chi connectivity index (χ1) is 28.2. The summed E-state index contributed by atoms with van der Waals surface area (Å²) < 4.78 is 0.987. The lowest BCUT2D eigenvalue weighted by Gasteiger charge is -2.33. The van der Waals surface area contributed by atoms with Gasteiger partial charge in [0.15, 0.2) is 0 Å². The topological polar surface area (TPSA) is 6.48 Å². The normalized spacial score (nSPS) is 11.6. The zero-order valence-corrected chi connectivity index (χ0v) is 32.6. The molecule has 0 unspecified atom stereocenters. The zero-order valence-electron chi connectivity index (χ0n) is 31.0. The number of benzene rings is 11. The highest BCUT2D eigenvalue weighted by Gasteiger charge is 2.25. The average molecular weight is 792 g/mol. The average Bonchev–Trinajstić information content (AvgIpc) is 3.27. The SMILES string of the molecule is Brc1c(N(c2ccc3ccccc3c2)c2cc3ccccc3c3ccccc23)cccc1N(c1ccc2ccccc2c1)c1cc2ccccc2c2ccccc12. The Hall–Kier alpha value is -6.94. The number of nitrogens with zero attached hydrogens (tertiary/aromatic N) is 2. The van der Waals surface area contributed by atoms with Crippen LogP contribution in [0, 0.1) is 0 Å². The Morgan fingerprint density at radius 2 is 0.596 bits per heavy atom. The van der Waals surface area contributed by atoms with Gasteiger partial charge in [-0.15, -0.1) is 0 Å². The van der Waals surface area contributed by atoms with E-state index in [2.05, 4.69) is 238 Å². The van der Waals surface area contributed by atoms with E-state index in [9.17, 15) is 0 Å². The van der Waals surface area contributed by atoms with E-state index in [1.165, 1.54) is 64.6 Å². The molecule has 0 atom stereocenters. The third-order valence-electron chi connectivity index (χ3n) is 11.4. The van der Waals surface area contributed by atoms with Crippen molar-refractivity contribution in [1.82, 2.24) is 0 Å². The van der Waals surface area contributed by atoms with Crippen LogP contribution < -0.4 is 9.80 Å². The van der Waals surface area contributed by atoms with Crippen LogP contribution in [-0.4, -0.2) is 0 Å². The monoisotopic (exact) mass is 790 g/mol. The molecule has 0 heterocycles. The van der Waals surface area contributed by atoms with Gasteiger partial charge in [0, 0.05) is 22.1 Å². The van der Waals surface area contributed by atoms with Crippen molar-refractivity contribution in [1.29, 1.82) is 0 Å². The Morgan fingerprint density at radius 3 is 1.04 bits per heavy atom. The lowest BCUT2D eigenvalue weighted by atomic mass is 9.98. The molecule has 3 heteroatoms. The van der Waals surface area contributed by atoms with Crippen LogP contribution in [0.4, 0.5) is 34.1 Å². The number of hydrogen-bond donors (Lipinski definition) is 0. The summed E-state index contributed by atoms with van der Waals surface area (Å²) >= 11 is 4.32. The number of anilines is 6. The summed E-state index contributed by atoms with van der Waals surface area (Å²) in [5.41, 5.74) is 6.48. The van der Waals surface area contributed by atoms with Gasteiger partial charge in [-0.05, 0) is 118 Å². The van der Waals surface area contributed by atoms with Gasteiger partial charge >= 0.3 is 0 Å². The molecule has 268 valence electrons. The summed E-state index contributed by atoms with van der Waals surface area (Å²) in [6, 6.07) is 77.2. The maximum Gasteiger partial charge on any atom is 0.0656 e. The summed E-state index contributed by atoms with van der Waals surface area (Å²) in [6.07, 6.45) is 0. The molecule has 11 rings (SSSR count). The van der Waals surface area contributed by atoms with Crippen molar-refractivity contribution >= 4 is 115 Å². The fourth-order valence-corrected chi connectivity index (χ4v) is 9.36. The molecule has 0 N–H and O–H groups in total. The molecule has 57 heavy (non-hydrogen) atoms. The van der Waals surface area contributed by atoms with E-state index < -0.39 is 0 Å². The highest BCUT2D eigenvalue weighted by molar-refractivity contribution is 9.10. The van der Waals surface area contributed by atoms with Crippen LogP contribution >= 0.6 is 15.9 Å². The molecule has 0 spiro atoms. The van der Waals surface area contributed by atoms with Crippen molar-refractivity contribution in [3.63, 3.8) is 0 Å². The molecular weight excluding hydrogens is 757 g/mol. The second-order valence-corrected chi connectivity index (χ2v) is 15.5.